The van der Waals surface area contributed by atoms with Crippen molar-refractivity contribution >= 4 is 50.8 Å². The van der Waals surface area contributed by atoms with Gasteiger partial charge in [-0.3, -0.25) is 0 Å². The quantitative estimate of drug-likeness (QED) is 0.265. The number of nitrogens with zero attached hydrogens (tertiary/aromatic N) is 2. The fraction of sp³-hybridized carbons (Fsp3) is 0.435. The highest BCUT2D eigenvalue weighted by Crippen LogP contribution is 2.39. The summed E-state index contributed by atoms with van der Waals surface area (Å²) < 4.78 is 42.1. The van der Waals surface area contributed by atoms with Crippen LogP contribution in [0, 0.1) is 0 Å². The Bertz CT molecular complexity index is 1000. The smallest absolute Gasteiger partial charge is 0.374 e. The molecule has 0 spiro atoms. The Kier molecular flexibility index (Phi) is 8.85. The number of hydrogen-bond acceptors (Lipinski definition) is 5. The van der Waals surface area contributed by atoms with Crippen LogP contribution in [0.4, 0.5) is 29.7 Å². The van der Waals surface area contributed by atoms with Crippen LogP contribution in [-0.4, -0.2) is 18.6 Å². The molecule has 0 atom stereocenters. The highest BCUT2D eigenvalue weighted by molar-refractivity contribution is 7.20. The average Bonchev–Trinajstić information content (AvgIpc) is 3.38. The maximum Gasteiger partial charge on any atom is 0.418 e. The molecule has 0 bridgehead atoms. The Hall–Kier alpha value is -1.77. The molecule has 0 aliphatic heterocycles. The van der Waals surface area contributed by atoms with Crippen LogP contribution in [0.3, 0.4) is 0 Å². The molecule has 3 nitrogen and oxygen atoms in total. The summed E-state index contributed by atoms with van der Waals surface area (Å²) in [7, 11) is 1.73. The molecule has 1 aromatic carbocycles. The number of nitrogens with one attached hydrogen (secondary N) is 1. The van der Waals surface area contributed by atoms with Gasteiger partial charge in [0.05, 0.1) is 20.5 Å². The van der Waals surface area contributed by atoms with E-state index in [1.165, 1.54) is 48.0 Å². The van der Waals surface area contributed by atoms with Crippen molar-refractivity contribution in [2.75, 3.05) is 23.8 Å². The van der Waals surface area contributed by atoms with Crippen molar-refractivity contribution in [2.24, 2.45) is 0 Å². The first-order chi connectivity index (χ1) is 15.3. The van der Waals surface area contributed by atoms with Gasteiger partial charge < -0.3 is 10.2 Å². The summed E-state index contributed by atoms with van der Waals surface area (Å²) in [6.45, 7) is 2.76. The zero-order chi connectivity index (χ0) is 23.1. The molecule has 0 amide bonds. The summed E-state index contributed by atoms with van der Waals surface area (Å²) in [5, 5.41) is 5.40. The van der Waals surface area contributed by atoms with Crippen LogP contribution >= 0.6 is 34.3 Å². The number of alkyl halides is 3. The monoisotopic (exact) mass is 501 g/mol. The number of benzene rings is 1. The first-order valence-corrected chi connectivity index (χ1v) is 12.8. The van der Waals surface area contributed by atoms with Gasteiger partial charge in [0.15, 0.2) is 5.13 Å². The van der Waals surface area contributed by atoms with Gasteiger partial charge in [-0.05, 0) is 36.8 Å². The van der Waals surface area contributed by atoms with Crippen LogP contribution in [0.25, 0.3) is 10.6 Å². The molecular formula is C23H27ClF3N3S2. The molecule has 9 heteroatoms. The number of hydrogen-bond donors (Lipinski definition) is 1. The third-order valence-electron chi connectivity index (χ3n) is 5.14. The predicted octanol–water partition coefficient (Wildman–Crippen LogP) is 9.08. The maximum absolute atomic E-state index is 13.8. The molecular weight excluding hydrogens is 475 g/mol. The van der Waals surface area contributed by atoms with E-state index < -0.39 is 11.7 Å². The van der Waals surface area contributed by atoms with E-state index in [9.17, 15) is 13.2 Å². The maximum atomic E-state index is 13.8. The summed E-state index contributed by atoms with van der Waals surface area (Å²) in [4.78, 5) is 7.10. The van der Waals surface area contributed by atoms with Gasteiger partial charge in [0, 0.05) is 30.3 Å². The molecule has 32 heavy (non-hydrogen) atoms. The van der Waals surface area contributed by atoms with Crippen LogP contribution in [0.1, 0.15) is 51.0 Å². The van der Waals surface area contributed by atoms with Crippen molar-refractivity contribution in [3.8, 4) is 10.6 Å². The van der Waals surface area contributed by atoms with E-state index in [4.69, 9.17) is 11.6 Å². The second-order valence-electron chi connectivity index (χ2n) is 7.69. The first kappa shape index (κ1) is 24.9. The number of halogens is 4. The van der Waals surface area contributed by atoms with Gasteiger partial charge in [-0.2, -0.15) is 13.2 Å². The lowest BCUT2D eigenvalue weighted by atomic mass is 10.1. The van der Waals surface area contributed by atoms with Gasteiger partial charge in [-0.15, -0.1) is 22.7 Å². The molecule has 0 fully saturated rings. The number of rotatable bonds is 11. The summed E-state index contributed by atoms with van der Waals surface area (Å²) in [5.41, 5.74) is 0.669. The van der Waals surface area contributed by atoms with Crippen LogP contribution in [0.2, 0.25) is 4.34 Å². The van der Waals surface area contributed by atoms with E-state index in [2.05, 4.69) is 17.2 Å². The first-order valence-electron chi connectivity index (χ1n) is 10.7. The van der Waals surface area contributed by atoms with Crippen molar-refractivity contribution in [1.29, 1.82) is 0 Å². The van der Waals surface area contributed by atoms with Gasteiger partial charge in [0.2, 0.25) is 0 Å². The van der Waals surface area contributed by atoms with Crippen LogP contribution in [0.15, 0.2) is 35.7 Å². The Morgan fingerprint density at radius 1 is 1.06 bits per heavy atom. The highest BCUT2D eigenvalue weighted by Gasteiger charge is 2.34. The molecule has 0 saturated carbocycles. The molecule has 2 aromatic heterocycles. The summed E-state index contributed by atoms with van der Waals surface area (Å²) in [6, 6.07) is 8.05. The second-order valence-corrected chi connectivity index (χ2v) is 10.3. The largest absolute Gasteiger partial charge is 0.418 e. The minimum absolute atomic E-state index is 0.199. The Balaban J connectivity index is 1.69. The predicted molar refractivity (Wildman–Crippen MR) is 132 cm³/mol. The van der Waals surface area contributed by atoms with E-state index in [0.29, 0.717) is 21.7 Å². The fourth-order valence-electron chi connectivity index (χ4n) is 3.44. The van der Waals surface area contributed by atoms with Crippen LogP contribution in [-0.2, 0) is 6.18 Å². The van der Waals surface area contributed by atoms with Gasteiger partial charge in [-0.25, -0.2) is 4.98 Å². The lowest BCUT2D eigenvalue weighted by Gasteiger charge is -2.24. The van der Waals surface area contributed by atoms with Crippen molar-refractivity contribution in [2.45, 2.75) is 51.6 Å². The van der Waals surface area contributed by atoms with Gasteiger partial charge >= 0.3 is 6.18 Å². The lowest BCUT2D eigenvalue weighted by Crippen LogP contribution is -2.22. The van der Waals surface area contributed by atoms with E-state index >= 15 is 0 Å². The third kappa shape index (κ3) is 6.86. The van der Waals surface area contributed by atoms with E-state index in [1.807, 2.05) is 11.4 Å². The second kappa shape index (κ2) is 11.4. The number of thiazole rings is 1. The Morgan fingerprint density at radius 3 is 2.50 bits per heavy atom. The average molecular weight is 502 g/mol. The van der Waals surface area contributed by atoms with Gasteiger partial charge in [0.25, 0.3) is 0 Å². The highest BCUT2D eigenvalue weighted by atomic mass is 35.5. The molecule has 1 N–H and O–H groups in total. The molecule has 0 unspecified atom stereocenters. The van der Waals surface area contributed by atoms with Crippen molar-refractivity contribution in [3.63, 3.8) is 0 Å². The minimum Gasteiger partial charge on any atom is -0.374 e. The summed E-state index contributed by atoms with van der Waals surface area (Å²) in [6.07, 6.45) is 2.18. The number of aromatic nitrogens is 1. The molecule has 0 saturated heterocycles. The zero-order valence-corrected chi connectivity index (χ0v) is 20.5. The van der Waals surface area contributed by atoms with Crippen LogP contribution in [0.5, 0.6) is 0 Å². The normalized spacial score (nSPS) is 11.7. The Labute approximate surface area is 200 Å². The molecule has 2 heterocycles. The number of unbranched alkanes of at least 4 members (excludes halogenated alkanes) is 5. The third-order valence-corrected chi connectivity index (χ3v) is 7.15. The SMILES string of the molecule is CCCCCCCCN(C)c1ccc(Nc2nc(-c3ccc(Cl)s3)cs2)cc1C(F)(F)F. The fourth-order valence-corrected chi connectivity index (χ4v) is 5.25. The molecule has 0 radical (unpaired) electrons. The number of thiophene rings is 1. The standard InChI is InChI=1S/C23H27ClF3N3S2/c1-3-4-5-6-7-8-13-30(2)19-10-9-16(14-17(19)23(25,26)27)28-22-29-18(15-31-22)20-11-12-21(24)32-20/h9-12,14-15H,3-8,13H2,1-2H3,(H,28,29). The van der Waals surface area contributed by atoms with Gasteiger partial charge in [-0.1, -0.05) is 50.6 Å². The van der Waals surface area contributed by atoms with Crippen molar-refractivity contribution in [1.82, 2.24) is 4.98 Å². The Morgan fingerprint density at radius 2 is 1.81 bits per heavy atom. The molecule has 3 aromatic rings. The zero-order valence-electron chi connectivity index (χ0n) is 18.1. The molecule has 0 aliphatic rings. The molecule has 0 aliphatic carbocycles. The minimum atomic E-state index is -4.44. The summed E-state index contributed by atoms with van der Waals surface area (Å²) >= 11 is 8.73. The number of anilines is 3. The van der Waals surface area contributed by atoms with E-state index in [-0.39, 0.29) is 5.69 Å². The lowest BCUT2D eigenvalue weighted by molar-refractivity contribution is -0.137. The molecule has 174 valence electrons. The van der Waals surface area contributed by atoms with E-state index in [1.54, 1.807) is 24.1 Å². The molecule has 3 rings (SSSR count). The van der Waals surface area contributed by atoms with Crippen molar-refractivity contribution < 1.29 is 13.2 Å². The topological polar surface area (TPSA) is 28.2 Å². The summed E-state index contributed by atoms with van der Waals surface area (Å²) in [5.74, 6) is 0. The van der Waals surface area contributed by atoms with Gasteiger partial charge in [0.1, 0.15) is 0 Å². The van der Waals surface area contributed by atoms with E-state index in [0.717, 1.165) is 35.9 Å². The van der Waals surface area contributed by atoms with Crippen molar-refractivity contribution in [3.05, 3.63) is 45.6 Å². The van der Waals surface area contributed by atoms with Crippen LogP contribution < -0.4 is 10.2 Å².